The number of piperidine rings is 1. The van der Waals surface area contributed by atoms with Gasteiger partial charge in [0.2, 0.25) is 0 Å². The first-order valence-electron chi connectivity index (χ1n) is 6.43. The van der Waals surface area contributed by atoms with E-state index in [0.29, 0.717) is 6.61 Å². The molecule has 1 N–H and O–H groups in total. The van der Waals surface area contributed by atoms with Crippen molar-refractivity contribution in [2.45, 2.75) is 25.6 Å². The Balaban J connectivity index is 1.67. The van der Waals surface area contributed by atoms with Crippen molar-refractivity contribution in [2.24, 2.45) is 0 Å². The molecule has 1 unspecified atom stereocenters. The molecule has 0 radical (unpaired) electrons. The van der Waals surface area contributed by atoms with Crippen LogP contribution in [0.25, 0.3) is 0 Å². The van der Waals surface area contributed by atoms with Crippen molar-refractivity contribution in [3.05, 3.63) is 35.9 Å². The number of aliphatic hydroxyl groups excluding tert-OH is 1. The van der Waals surface area contributed by atoms with E-state index >= 15 is 0 Å². The van der Waals surface area contributed by atoms with Crippen LogP contribution in [0.2, 0.25) is 0 Å². The number of benzene rings is 1. The molecule has 1 saturated heterocycles. The fraction of sp³-hybridized carbons (Fsp3) is 0.571. The Hall–Kier alpha value is -0.900. The minimum absolute atomic E-state index is 0.593. The molecule has 17 heavy (non-hydrogen) atoms. The normalized spacial score (nSPS) is 19.1. The van der Waals surface area contributed by atoms with Gasteiger partial charge in [-0.15, -0.1) is 0 Å². The molecule has 1 aromatic carbocycles. The molecule has 0 saturated carbocycles. The van der Waals surface area contributed by atoms with Gasteiger partial charge in [-0.25, -0.2) is 0 Å². The van der Waals surface area contributed by atoms with Crippen LogP contribution < -0.4 is 0 Å². The lowest BCUT2D eigenvalue weighted by molar-refractivity contribution is -0.107. The first-order valence-corrected chi connectivity index (χ1v) is 6.43. The summed E-state index contributed by atoms with van der Waals surface area (Å²) in [6, 6.07) is 9.51. The molecule has 0 bridgehead atoms. The Morgan fingerprint density at radius 3 is 2.53 bits per heavy atom. The quantitative estimate of drug-likeness (QED) is 0.794. The average Bonchev–Trinajstić information content (AvgIpc) is 2.41. The number of likely N-dealkylation sites (tertiary alicyclic amines) is 1. The predicted octanol–water partition coefficient (Wildman–Crippen LogP) is 2.18. The summed E-state index contributed by atoms with van der Waals surface area (Å²) in [4.78, 5) is 2.40. The molecule has 2 rings (SSSR count). The molecule has 1 aliphatic heterocycles. The second kappa shape index (κ2) is 6.74. The highest BCUT2D eigenvalue weighted by molar-refractivity contribution is 5.15. The summed E-state index contributed by atoms with van der Waals surface area (Å²) in [7, 11) is 0. The lowest BCUT2D eigenvalue weighted by Crippen LogP contribution is -2.32. The number of rotatable bonds is 5. The van der Waals surface area contributed by atoms with E-state index in [4.69, 9.17) is 4.74 Å². The third-order valence-corrected chi connectivity index (χ3v) is 3.22. The minimum Gasteiger partial charge on any atom is -0.364 e. The maximum Gasteiger partial charge on any atom is 0.181 e. The van der Waals surface area contributed by atoms with Gasteiger partial charge in [0.05, 0.1) is 6.61 Å². The van der Waals surface area contributed by atoms with Gasteiger partial charge in [-0.1, -0.05) is 36.8 Å². The molecule has 3 heteroatoms. The zero-order valence-electron chi connectivity index (χ0n) is 10.2. The second-order valence-corrected chi connectivity index (χ2v) is 4.54. The standard InChI is InChI=1S/C14H21NO2/c16-14(13-7-3-1-4-8-13)17-12-11-15-9-5-2-6-10-15/h1,3-4,7-8,14,16H,2,5-6,9-12H2. The van der Waals surface area contributed by atoms with Crippen LogP contribution in [0.1, 0.15) is 31.1 Å². The van der Waals surface area contributed by atoms with Crippen molar-refractivity contribution in [2.75, 3.05) is 26.2 Å². The molecule has 0 spiro atoms. The second-order valence-electron chi connectivity index (χ2n) is 4.54. The van der Waals surface area contributed by atoms with Crippen molar-refractivity contribution in [1.82, 2.24) is 4.90 Å². The van der Waals surface area contributed by atoms with Gasteiger partial charge in [-0.3, -0.25) is 0 Å². The van der Waals surface area contributed by atoms with E-state index in [-0.39, 0.29) is 0 Å². The van der Waals surface area contributed by atoms with Gasteiger partial charge in [0, 0.05) is 12.1 Å². The van der Waals surface area contributed by atoms with Crippen LogP contribution in [0, 0.1) is 0 Å². The molecule has 1 fully saturated rings. The van der Waals surface area contributed by atoms with Crippen molar-refractivity contribution >= 4 is 0 Å². The lowest BCUT2D eigenvalue weighted by Gasteiger charge is -2.26. The summed E-state index contributed by atoms with van der Waals surface area (Å²) < 4.78 is 5.44. The zero-order chi connectivity index (χ0) is 11.9. The maximum absolute atomic E-state index is 9.81. The summed E-state index contributed by atoms with van der Waals surface area (Å²) in [6.07, 6.45) is 3.15. The average molecular weight is 235 g/mol. The molecular formula is C14H21NO2. The first-order chi connectivity index (χ1) is 8.36. The Labute approximate surface area is 103 Å². The minimum atomic E-state index is -0.791. The van der Waals surface area contributed by atoms with Crippen molar-refractivity contribution < 1.29 is 9.84 Å². The summed E-state index contributed by atoms with van der Waals surface area (Å²) >= 11 is 0. The third-order valence-electron chi connectivity index (χ3n) is 3.22. The molecule has 0 aromatic heterocycles. The van der Waals surface area contributed by atoms with E-state index in [9.17, 15) is 5.11 Å². The Bertz CT molecular complexity index is 309. The molecule has 1 heterocycles. The fourth-order valence-electron chi connectivity index (χ4n) is 2.19. The monoisotopic (exact) mass is 235 g/mol. The Kier molecular flexibility index (Phi) is 4.98. The zero-order valence-corrected chi connectivity index (χ0v) is 10.2. The summed E-state index contributed by atoms with van der Waals surface area (Å²) in [6.45, 7) is 3.86. The molecular weight excluding hydrogens is 214 g/mol. The number of nitrogens with zero attached hydrogens (tertiary/aromatic N) is 1. The molecule has 0 aliphatic carbocycles. The van der Waals surface area contributed by atoms with Gasteiger partial charge in [-0.05, 0) is 25.9 Å². The predicted molar refractivity (Wildman–Crippen MR) is 67.6 cm³/mol. The molecule has 1 aliphatic rings. The van der Waals surface area contributed by atoms with Crippen LogP contribution in [0.4, 0.5) is 0 Å². The van der Waals surface area contributed by atoms with E-state index < -0.39 is 6.29 Å². The van der Waals surface area contributed by atoms with E-state index in [0.717, 1.165) is 12.1 Å². The van der Waals surface area contributed by atoms with Crippen LogP contribution in [0.15, 0.2) is 30.3 Å². The van der Waals surface area contributed by atoms with Gasteiger partial charge < -0.3 is 14.7 Å². The van der Waals surface area contributed by atoms with Crippen LogP contribution in [-0.2, 0) is 4.74 Å². The van der Waals surface area contributed by atoms with Crippen LogP contribution in [0.5, 0.6) is 0 Å². The first kappa shape index (κ1) is 12.6. The number of aliphatic hydroxyl groups is 1. The summed E-state index contributed by atoms with van der Waals surface area (Å²) in [5, 5.41) is 9.81. The maximum atomic E-state index is 9.81. The number of ether oxygens (including phenoxy) is 1. The molecule has 94 valence electrons. The van der Waals surface area contributed by atoms with Crippen molar-refractivity contribution in [1.29, 1.82) is 0 Å². The Morgan fingerprint density at radius 2 is 1.82 bits per heavy atom. The van der Waals surface area contributed by atoms with Gasteiger partial charge in [0.1, 0.15) is 0 Å². The lowest BCUT2D eigenvalue weighted by atomic mass is 10.1. The molecule has 3 nitrogen and oxygen atoms in total. The fourth-order valence-corrected chi connectivity index (χ4v) is 2.19. The van der Waals surface area contributed by atoms with Crippen molar-refractivity contribution in [3.63, 3.8) is 0 Å². The van der Waals surface area contributed by atoms with Crippen LogP contribution in [0.3, 0.4) is 0 Å². The smallest absolute Gasteiger partial charge is 0.181 e. The topological polar surface area (TPSA) is 32.7 Å². The highest BCUT2D eigenvalue weighted by Gasteiger charge is 2.11. The molecule has 1 atom stereocenters. The molecule has 0 amide bonds. The largest absolute Gasteiger partial charge is 0.364 e. The third kappa shape index (κ3) is 4.11. The van der Waals surface area contributed by atoms with Gasteiger partial charge in [0.25, 0.3) is 0 Å². The summed E-state index contributed by atoms with van der Waals surface area (Å²) in [5.74, 6) is 0. The SMILES string of the molecule is OC(OCCN1CCCCC1)c1ccccc1. The van der Waals surface area contributed by atoms with Crippen LogP contribution in [-0.4, -0.2) is 36.2 Å². The molecule has 1 aromatic rings. The van der Waals surface area contributed by atoms with E-state index in [1.54, 1.807) is 0 Å². The Morgan fingerprint density at radius 1 is 1.12 bits per heavy atom. The number of hydrogen-bond donors (Lipinski definition) is 1. The van der Waals surface area contributed by atoms with Gasteiger partial charge in [-0.2, -0.15) is 0 Å². The van der Waals surface area contributed by atoms with E-state index in [1.807, 2.05) is 30.3 Å². The highest BCUT2D eigenvalue weighted by Crippen LogP contribution is 2.14. The number of hydrogen-bond acceptors (Lipinski definition) is 3. The van der Waals surface area contributed by atoms with Crippen LogP contribution >= 0.6 is 0 Å². The van der Waals surface area contributed by atoms with Crippen molar-refractivity contribution in [3.8, 4) is 0 Å². The van der Waals surface area contributed by atoms with Gasteiger partial charge >= 0.3 is 0 Å². The van der Waals surface area contributed by atoms with E-state index in [1.165, 1.54) is 32.4 Å². The highest BCUT2D eigenvalue weighted by atomic mass is 16.6. The van der Waals surface area contributed by atoms with E-state index in [2.05, 4.69) is 4.90 Å². The van der Waals surface area contributed by atoms with Gasteiger partial charge in [0.15, 0.2) is 6.29 Å². The summed E-state index contributed by atoms with van der Waals surface area (Å²) in [5.41, 5.74) is 0.825.